The van der Waals surface area contributed by atoms with E-state index in [0.717, 1.165) is 43.9 Å². The standard InChI is InChI=1S/C22H30FN5/c1-15-13-21(27-22(24)25-15)28-11-9-19(10-12-28)26-20-4-2-3-17(20)14-16-5-7-18(23)8-6-16/h5-8,13,17,19-20,26H,2-4,9-12,14H2,1H3,(H2,24,25,27). The van der Waals surface area contributed by atoms with E-state index in [1.54, 1.807) is 12.1 Å². The van der Waals surface area contributed by atoms with Crippen LogP contribution in [0.2, 0.25) is 0 Å². The summed E-state index contributed by atoms with van der Waals surface area (Å²) in [5, 5.41) is 3.94. The third kappa shape index (κ3) is 4.61. The fraction of sp³-hybridized carbons (Fsp3) is 0.545. The van der Waals surface area contributed by atoms with Crippen LogP contribution in [-0.2, 0) is 6.42 Å². The van der Waals surface area contributed by atoms with E-state index < -0.39 is 0 Å². The number of hydrogen-bond donors (Lipinski definition) is 2. The number of piperidine rings is 1. The highest BCUT2D eigenvalue weighted by Crippen LogP contribution is 2.30. The van der Waals surface area contributed by atoms with Crippen LogP contribution >= 0.6 is 0 Å². The Morgan fingerprint density at radius 1 is 1.11 bits per heavy atom. The molecule has 0 radical (unpaired) electrons. The van der Waals surface area contributed by atoms with E-state index in [1.807, 2.05) is 25.1 Å². The second-order valence-electron chi connectivity index (χ2n) is 8.28. The summed E-state index contributed by atoms with van der Waals surface area (Å²) in [6, 6.07) is 10.1. The highest BCUT2D eigenvalue weighted by Gasteiger charge is 2.30. The van der Waals surface area contributed by atoms with Crippen molar-refractivity contribution in [3.05, 3.63) is 47.4 Å². The molecule has 2 heterocycles. The number of nitrogens with zero attached hydrogens (tertiary/aromatic N) is 3. The zero-order chi connectivity index (χ0) is 19.5. The molecule has 2 atom stereocenters. The van der Waals surface area contributed by atoms with Gasteiger partial charge >= 0.3 is 0 Å². The van der Waals surface area contributed by atoms with Crippen molar-refractivity contribution < 1.29 is 4.39 Å². The van der Waals surface area contributed by atoms with Crippen LogP contribution in [0.4, 0.5) is 16.2 Å². The molecule has 1 aliphatic heterocycles. The van der Waals surface area contributed by atoms with Gasteiger partial charge in [-0.1, -0.05) is 18.6 Å². The van der Waals surface area contributed by atoms with Gasteiger partial charge in [-0.3, -0.25) is 0 Å². The summed E-state index contributed by atoms with van der Waals surface area (Å²) in [7, 11) is 0. The Balaban J connectivity index is 1.30. The summed E-state index contributed by atoms with van der Waals surface area (Å²) in [4.78, 5) is 10.9. The van der Waals surface area contributed by atoms with Gasteiger partial charge in [0.25, 0.3) is 0 Å². The topological polar surface area (TPSA) is 67.1 Å². The molecule has 6 heteroatoms. The quantitative estimate of drug-likeness (QED) is 0.827. The van der Waals surface area contributed by atoms with Gasteiger partial charge in [-0.2, -0.15) is 4.98 Å². The molecule has 0 spiro atoms. The van der Waals surface area contributed by atoms with Crippen LogP contribution in [0.5, 0.6) is 0 Å². The number of aromatic nitrogens is 2. The zero-order valence-electron chi connectivity index (χ0n) is 16.6. The van der Waals surface area contributed by atoms with Gasteiger partial charge in [0.05, 0.1) is 0 Å². The molecular formula is C22H30FN5. The lowest BCUT2D eigenvalue weighted by Crippen LogP contribution is -2.47. The van der Waals surface area contributed by atoms with Crippen molar-refractivity contribution in [2.24, 2.45) is 5.92 Å². The van der Waals surface area contributed by atoms with Crippen LogP contribution in [-0.4, -0.2) is 35.1 Å². The third-order valence-corrected chi connectivity index (χ3v) is 6.20. The Labute approximate surface area is 166 Å². The number of nitrogen functional groups attached to an aromatic ring is 1. The molecule has 2 aromatic rings. The highest BCUT2D eigenvalue weighted by molar-refractivity contribution is 5.43. The maximum atomic E-state index is 13.2. The van der Waals surface area contributed by atoms with Crippen LogP contribution in [0.3, 0.4) is 0 Å². The Bertz CT molecular complexity index is 766. The number of hydrogen-bond acceptors (Lipinski definition) is 5. The number of nitrogens with one attached hydrogen (secondary N) is 1. The number of rotatable bonds is 5. The first-order valence-electron chi connectivity index (χ1n) is 10.4. The van der Waals surface area contributed by atoms with E-state index >= 15 is 0 Å². The van der Waals surface area contributed by atoms with Crippen molar-refractivity contribution in [1.29, 1.82) is 0 Å². The minimum absolute atomic E-state index is 0.155. The van der Waals surface area contributed by atoms with Crippen molar-refractivity contribution in [2.45, 2.75) is 57.5 Å². The van der Waals surface area contributed by atoms with Crippen molar-refractivity contribution in [3.63, 3.8) is 0 Å². The maximum absolute atomic E-state index is 13.2. The van der Waals surface area contributed by atoms with E-state index in [2.05, 4.69) is 20.2 Å². The number of anilines is 2. The molecule has 28 heavy (non-hydrogen) atoms. The van der Waals surface area contributed by atoms with E-state index in [9.17, 15) is 4.39 Å². The molecule has 1 saturated carbocycles. The fourth-order valence-corrected chi connectivity index (χ4v) is 4.74. The van der Waals surface area contributed by atoms with Gasteiger partial charge in [0, 0.05) is 36.9 Å². The molecule has 2 unspecified atom stereocenters. The minimum atomic E-state index is -0.155. The molecule has 0 bridgehead atoms. The lowest BCUT2D eigenvalue weighted by atomic mass is 9.93. The van der Waals surface area contributed by atoms with Crippen molar-refractivity contribution in [3.8, 4) is 0 Å². The summed E-state index contributed by atoms with van der Waals surface area (Å²) < 4.78 is 13.2. The average Bonchev–Trinajstić information content (AvgIpc) is 3.10. The van der Waals surface area contributed by atoms with Gasteiger partial charge < -0.3 is 16.0 Å². The Hall–Kier alpha value is -2.21. The van der Waals surface area contributed by atoms with Gasteiger partial charge in [0.1, 0.15) is 11.6 Å². The number of aryl methyl sites for hydroxylation is 1. The number of benzene rings is 1. The van der Waals surface area contributed by atoms with Gasteiger partial charge in [0.2, 0.25) is 5.95 Å². The molecule has 150 valence electrons. The van der Waals surface area contributed by atoms with Crippen LogP contribution in [0.1, 0.15) is 43.4 Å². The van der Waals surface area contributed by atoms with Crippen LogP contribution in [0.15, 0.2) is 30.3 Å². The van der Waals surface area contributed by atoms with E-state index in [-0.39, 0.29) is 5.82 Å². The lowest BCUT2D eigenvalue weighted by Gasteiger charge is -2.36. The van der Waals surface area contributed by atoms with Gasteiger partial charge in [-0.25, -0.2) is 9.37 Å². The van der Waals surface area contributed by atoms with Gasteiger partial charge in [-0.15, -0.1) is 0 Å². The lowest BCUT2D eigenvalue weighted by molar-refractivity contribution is 0.318. The van der Waals surface area contributed by atoms with Crippen molar-refractivity contribution >= 4 is 11.8 Å². The van der Waals surface area contributed by atoms with E-state index in [4.69, 9.17) is 5.73 Å². The monoisotopic (exact) mass is 383 g/mol. The molecule has 3 N–H and O–H groups in total. The predicted octanol–water partition coefficient (Wildman–Crippen LogP) is 3.48. The maximum Gasteiger partial charge on any atom is 0.222 e. The zero-order valence-corrected chi connectivity index (χ0v) is 16.6. The molecule has 4 rings (SSSR count). The van der Waals surface area contributed by atoms with Crippen LogP contribution in [0.25, 0.3) is 0 Å². The molecular weight excluding hydrogens is 353 g/mol. The number of halogens is 1. The summed E-state index contributed by atoms with van der Waals surface area (Å²) >= 11 is 0. The minimum Gasteiger partial charge on any atom is -0.368 e. The van der Waals surface area contributed by atoms with Crippen molar-refractivity contribution in [2.75, 3.05) is 23.7 Å². The first-order valence-corrected chi connectivity index (χ1v) is 10.4. The molecule has 5 nitrogen and oxygen atoms in total. The molecule has 2 fully saturated rings. The van der Waals surface area contributed by atoms with Gasteiger partial charge in [0.15, 0.2) is 0 Å². The van der Waals surface area contributed by atoms with Crippen molar-refractivity contribution in [1.82, 2.24) is 15.3 Å². The van der Waals surface area contributed by atoms with E-state index in [1.165, 1.54) is 24.8 Å². The number of nitrogens with two attached hydrogens (primary N) is 1. The Morgan fingerprint density at radius 2 is 1.86 bits per heavy atom. The van der Waals surface area contributed by atoms with Crippen LogP contribution < -0.4 is 16.0 Å². The first kappa shape index (κ1) is 19.1. The van der Waals surface area contributed by atoms with Crippen LogP contribution in [0, 0.1) is 18.7 Å². The third-order valence-electron chi connectivity index (χ3n) is 6.20. The SMILES string of the molecule is Cc1cc(N2CCC(NC3CCCC3Cc3ccc(F)cc3)CC2)nc(N)n1. The molecule has 0 amide bonds. The molecule has 1 aliphatic carbocycles. The summed E-state index contributed by atoms with van der Waals surface area (Å²) in [6.45, 7) is 3.93. The Morgan fingerprint density at radius 3 is 2.57 bits per heavy atom. The molecule has 2 aliphatic rings. The predicted molar refractivity (Wildman–Crippen MR) is 111 cm³/mol. The van der Waals surface area contributed by atoms with Gasteiger partial charge in [-0.05, 0) is 62.6 Å². The average molecular weight is 384 g/mol. The fourth-order valence-electron chi connectivity index (χ4n) is 4.74. The molecule has 1 saturated heterocycles. The summed E-state index contributed by atoms with van der Waals surface area (Å²) in [6.07, 6.45) is 7.05. The second-order valence-corrected chi connectivity index (χ2v) is 8.28. The molecule has 1 aromatic carbocycles. The normalized spacial score (nSPS) is 23.3. The van der Waals surface area contributed by atoms with E-state index in [0.29, 0.717) is 23.9 Å². The summed E-state index contributed by atoms with van der Waals surface area (Å²) in [5.41, 5.74) is 7.96. The largest absolute Gasteiger partial charge is 0.368 e. The molecule has 1 aromatic heterocycles. The summed E-state index contributed by atoms with van der Waals surface area (Å²) in [5.74, 6) is 1.79. The smallest absolute Gasteiger partial charge is 0.222 e. The highest BCUT2D eigenvalue weighted by atomic mass is 19.1. The Kier molecular flexibility index (Phi) is 5.76. The first-order chi connectivity index (χ1) is 13.6. The second kappa shape index (κ2) is 8.43.